The molecule has 1 amide bonds. The van der Waals surface area contributed by atoms with Crippen LogP contribution in [0.15, 0.2) is 6.20 Å². The first kappa shape index (κ1) is 17.4. The number of carbonyl (C=O) groups is 2. The van der Waals surface area contributed by atoms with E-state index in [-0.39, 0.29) is 41.6 Å². The summed E-state index contributed by atoms with van der Waals surface area (Å²) in [6.45, 7) is 6.24. The largest absolute Gasteiger partial charge is 0.476 e. The summed E-state index contributed by atoms with van der Waals surface area (Å²) in [5, 5.41) is 19.0. The van der Waals surface area contributed by atoms with Crippen LogP contribution in [0.1, 0.15) is 44.1 Å². The van der Waals surface area contributed by atoms with E-state index < -0.39 is 5.97 Å². The predicted octanol–water partition coefficient (Wildman–Crippen LogP) is 0.932. The lowest BCUT2D eigenvalue weighted by molar-refractivity contribution is -0.172. The van der Waals surface area contributed by atoms with Crippen molar-refractivity contribution in [2.45, 2.75) is 52.3 Å². The van der Waals surface area contributed by atoms with Crippen LogP contribution in [-0.4, -0.2) is 51.2 Å². The van der Waals surface area contributed by atoms with Gasteiger partial charge in [0.25, 0.3) is 0 Å². The van der Waals surface area contributed by atoms with Crippen molar-refractivity contribution in [3.8, 4) is 0 Å². The fraction of sp³-hybridized carbons (Fsp3) is 0.733. The van der Waals surface area contributed by atoms with E-state index in [1.807, 2.05) is 0 Å². The maximum absolute atomic E-state index is 12.3. The summed E-state index contributed by atoms with van der Waals surface area (Å²) in [6.07, 6.45) is 3.22. The minimum Gasteiger partial charge on any atom is -0.476 e. The highest BCUT2D eigenvalue weighted by Gasteiger charge is 2.58. The third-order valence-corrected chi connectivity index (χ3v) is 5.14. The number of carboxylic acids is 1. The number of hydrogen-bond donors (Lipinski definition) is 2. The van der Waals surface area contributed by atoms with Crippen LogP contribution in [0.2, 0.25) is 0 Å². The Morgan fingerprint density at radius 1 is 1.43 bits per heavy atom. The zero-order valence-electron chi connectivity index (χ0n) is 13.9. The van der Waals surface area contributed by atoms with Gasteiger partial charge >= 0.3 is 5.97 Å². The van der Waals surface area contributed by atoms with Gasteiger partial charge in [0, 0.05) is 24.5 Å². The Kier molecular flexibility index (Phi) is 5.03. The molecule has 0 spiro atoms. The van der Waals surface area contributed by atoms with E-state index in [9.17, 15) is 9.59 Å². The second-order valence-electron chi connectivity index (χ2n) is 6.11. The van der Waals surface area contributed by atoms with Crippen LogP contribution in [0, 0.1) is 11.3 Å². The number of carboxylic acid groups (broad SMARTS) is 1. The molecule has 1 heterocycles. The Morgan fingerprint density at radius 3 is 2.57 bits per heavy atom. The Bertz CT molecular complexity index is 582. The van der Waals surface area contributed by atoms with E-state index in [2.05, 4.69) is 36.4 Å². The second-order valence-corrected chi connectivity index (χ2v) is 6.11. The van der Waals surface area contributed by atoms with Gasteiger partial charge in [0.15, 0.2) is 5.69 Å². The molecule has 0 radical (unpaired) electrons. The number of hydrogen-bond acceptors (Lipinski definition) is 5. The Hall–Kier alpha value is -1.96. The monoisotopic (exact) mass is 324 g/mol. The number of aromatic carboxylic acids is 1. The average molecular weight is 324 g/mol. The molecule has 3 atom stereocenters. The smallest absolute Gasteiger partial charge is 0.358 e. The summed E-state index contributed by atoms with van der Waals surface area (Å²) in [5.41, 5.74) is -0.232. The fourth-order valence-electron chi connectivity index (χ4n) is 3.94. The van der Waals surface area contributed by atoms with Gasteiger partial charge in [-0.1, -0.05) is 26.0 Å². The zero-order valence-corrected chi connectivity index (χ0v) is 13.9. The fourth-order valence-corrected chi connectivity index (χ4v) is 3.94. The molecule has 0 aromatic carbocycles. The van der Waals surface area contributed by atoms with Gasteiger partial charge in [0.1, 0.15) is 6.54 Å². The number of aromatic nitrogens is 3. The number of nitrogens with one attached hydrogen (secondary N) is 1. The molecule has 1 saturated carbocycles. The van der Waals surface area contributed by atoms with Crippen LogP contribution in [0.25, 0.3) is 0 Å². The molecule has 2 N–H and O–H groups in total. The number of amides is 1. The van der Waals surface area contributed by atoms with Crippen LogP contribution in [0.5, 0.6) is 0 Å². The van der Waals surface area contributed by atoms with Gasteiger partial charge < -0.3 is 15.2 Å². The summed E-state index contributed by atoms with van der Waals surface area (Å²) in [4.78, 5) is 23.0. The number of rotatable bonds is 7. The van der Waals surface area contributed by atoms with Crippen molar-refractivity contribution in [1.29, 1.82) is 0 Å². The lowest BCUT2D eigenvalue weighted by atomic mass is 9.53. The molecule has 1 aliphatic carbocycles. The lowest BCUT2D eigenvalue weighted by Crippen LogP contribution is -2.70. The molecule has 1 fully saturated rings. The van der Waals surface area contributed by atoms with Gasteiger partial charge in [-0.15, -0.1) is 5.10 Å². The maximum Gasteiger partial charge on any atom is 0.358 e. The van der Waals surface area contributed by atoms with E-state index in [1.165, 1.54) is 10.9 Å². The van der Waals surface area contributed by atoms with Crippen molar-refractivity contribution in [2.75, 3.05) is 7.11 Å². The van der Waals surface area contributed by atoms with Crippen molar-refractivity contribution in [3.05, 3.63) is 11.9 Å². The Balaban J connectivity index is 2.02. The summed E-state index contributed by atoms with van der Waals surface area (Å²) < 4.78 is 6.84. The zero-order chi connectivity index (χ0) is 17.2. The SMILES string of the molecule is CCC1(CC)C(NC(=O)Cn2cc(C(=O)O)nn2)C(C)C1OC. The van der Waals surface area contributed by atoms with Crippen LogP contribution >= 0.6 is 0 Å². The summed E-state index contributed by atoms with van der Waals surface area (Å²) in [6, 6.07) is 0.0393. The van der Waals surface area contributed by atoms with Crippen molar-refractivity contribution in [1.82, 2.24) is 20.3 Å². The summed E-state index contributed by atoms with van der Waals surface area (Å²) in [5.74, 6) is -1.14. The lowest BCUT2D eigenvalue weighted by Gasteiger charge is -2.59. The van der Waals surface area contributed by atoms with Crippen molar-refractivity contribution < 1.29 is 19.4 Å². The molecule has 8 heteroatoms. The molecule has 0 saturated heterocycles. The van der Waals surface area contributed by atoms with Gasteiger partial charge in [0.05, 0.1) is 12.3 Å². The first-order valence-corrected chi connectivity index (χ1v) is 7.85. The molecular formula is C15H24N4O4. The molecule has 0 aliphatic heterocycles. The van der Waals surface area contributed by atoms with Crippen LogP contribution in [0.4, 0.5) is 0 Å². The van der Waals surface area contributed by atoms with E-state index in [0.717, 1.165) is 12.8 Å². The Labute approximate surface area is 135 Å². The van der Waals surface area contributed by atoms with Crippen LogP contribution < -0.4 is 5.32 Å². The third kappa shape index (κ3) is 2.95. The van der Waals surface area contributed by atoms with Crippen molar-refractivity contribution >= 4 is 11.9 Å². The first-order valence-electron chi connectivity index (χ1n) is 7.85. The molecule has 3 unspecified atom stereocenters. The first-order chi connectivity index (χ1) is 10.9. The van der Waals surface area contributed by atoms with Crippen LogP contribution in [-0.2, 0) is 16.1 Å². The standard InChI is InChI=1S/C15H24N4O4/c1-5-15(6-2)12(9(3)13(15)23-4)16-11(20)8-19-7-10(14(21)22)17-18-19/h7,9,12-13H,5-6,8H2,1-4H3,(H,16,20)(H,21,22). The summed E-state index contributed by atoms with van der Waals surface area (Å²) in [7, 11) is 1.71. The maximum atomic E-state index is 12.3. The normalized spacial score (nSPS) is 25.7. The van der Waals surface area contributed by atoms with E-state index in [1.54, 1.807) is 7.11 Å². The highest BCUT2D eigenvalue weighted by Crippen LogP contribution is 2.52. The Morgan fingerprint density at radius 2 is 2.09 bits per heavy atom. The van der Waals surface area contributed by atoms with Crippen molar-refractivity contribution in [3.63, 3.8) is 0 Å². The van der Waals surface area contributed by atoms with Gasteiger partial charge in [-0.2, -0.15) is 0 Å². The molecular weight excluding hydrogens is 300 g/mol. The second kappa shape index (κ2) is 6.66. The molecule has 128 valence electrons. The van der Waals surface area contributed by atoms with Gasteiger partial charge in [-0.05, 0) is 12.8 Å². The summed E-state index contributed by atoms with van der Waals surface area (Å²) >= 11 is 0. The highest BCUT2D eigenvalue weighted by molar-refractivity contribution is 5.84. The quantitative estimate of drug-likeness (QED) is 0.773. The van der Waals surface area contributed by atoms with E-state index >= 15 is 0 Å². The number of carbonyl (C=O) groups excluding carboxylic acids is 1. The minimum absolute atomic E-state index is 0.0393. The minimum atomic E-state index is -1.16. The molecule has 1 aromatic heterocycles. The molecule has 0 bridgehead atoms. The molecule has 8 nitrogen and oxygen atoms in total. The van der Waals surface area contributed by atoms with Gasteiger partial charge in [-0.25, -0.2) is 9.48 Å². The average Bonchev–Trinajstić information content (AvgIpc) is 2.98. The predicted molar refractivity (Wildman–Crippen MR) is 81.9 cm³/mol. The van der Waals surface area contributed by atoms with Gasteiger partial charge in [0.2, 0.25) is 5.91 Å². The molecule has 23 heavy (non-hydrogen) atoms. The highest BCUT2D eigenvalue weighted by atomic mass is 16.5. The van der Waals surface area contributed by atoms with Crippen LogP contribution in [0.3, 0.4) is 0 Å². The number of nitrogens with zero attached hydrogens (tertiary/aromatic N) is 3. The van der Waals surface area contributed by atoms with E-state index in [0.29, 0.717) is 0 Å². The van der Waals surface area contributed by atoms with E-state index in [4.69, 9.17) is 9.84 Å². The topological polar surface area (TPSA) is 106 Å². The molecule has 2 rings (SSSR count). The molecule has 1 aromatic rings. The number of ether oxygens (including phenoxy) is 1. The third-order valence-electron chi connectivity index (χ3n) is 5.14. The number of methoxy groups -OCH3 is 1. The van der Waals surface area contributed by atoms with Crippen molar-refractivity contribution in [2.24, 2.45) is 11.3 Å². The molecule has 1 aliphatic rings. The van der Waals surface area contributed by atoms with Gasteiger partial charge in [-0.3, -0.25) is 4.79 Å².